The number of methoxy groups -OCH3 is 2. The number of piperazine rings is 1. The van der Waals surface area contributed by atoms with Gasteiger partial charge in [0.05, 0.1) is 29.8 Å². The summed E-state index contributed by atoms with van der Waals surface area (Å²) in [6, 6.07) is 8.88. The van der Waals surface area contributed by atoms with Gasteiger partial charge in [-0.25, -0.2) is 4.98 Å². The standard InChI is InChI=1S/C36H36Cl2N6O5/c1-6-9-29(46)43-15-12-42(13-16-43)14-17-44-34-24(19-26(35(44)47)30-31(37)27(48-4)20-28(49-5)32(30)38)21-39-36(41-34)40-33-22(3)10-8-11-23(33)18-25(45)7-2/h7-8,10-11,19-21H,2,12-18H2,1,3-5H3,(H,39,40,41). The second-order valence-corrected chi connectivity index (χ2v) is 12.1. The normalized spacial score (nSPS) is 13.1. The number of carbonyl (C=O) groups excluding carboxylic acids is 2. The molecular weight excluding hydrogens is 667 g/mol. The molecule has 1 aliphatic rings. The van der Waals surface area contributed by atoms with Crippen molar-refractivity contribution in [1.82, 2.24) is 24.3 Å². The molecule has 4 aromatic rings. The van der Waals surface area contributed by atoms with Gasteiger partial charge in [-0.3, -0.25) is 23.9 Å². The van der Waals surface area contributed by atoms with Gasteiger partial charge in [0.2, 0.25) is 5.95 Å². The van der Waals surface area contributed by atoms with E-state index < -0.39 is 0 Å². The summed E-state index contributed by atoms with van der Waals surface area (Å²) in [5.74, 6) is 5.78. The van der Waals surface area contributed by atoms with Crippen molar-refractivity contribution in [3.05, 3.63) is 80.7 Å². The van der Waals surface area contributed by atoms with Gasteiger partial charge in [0.1, 0.15) is 17.1 Å². The van der Waals surface area contributed by atoms with E-state index in [1.165, 1.54) is 20.3 Å². The van der Waals surface area contributed by atoms with E-state index in [4.69, 9.17) is 37.7 Å². The monoisotopic (exact) mass is 702 g/mol. The molecule has 254 valence electrons. The first kappa shape index (κ1) is 35.4. The molecule has 2 aromatic carbocycles. The molecule has 2 aromatic heterocycles. The Morgan fingerprint density at radius 3 is 2.39 bits per heavy atom. The number of halogens is 2. The summed E-state index contributed by atoms with van der Waals surface area (Å²) >= 11 is 13.5. The molecule has 1 fully saturated rings. The average Bonchev–Trinajstić information content (AvgIpc) is 3.10. The van der Waals surface area contributed by atoms with Crippen molar-refractivity contribution in [2.24, 2.45) is 0 Å². The Labute approximate surface area is 294 Å². The van der Waals surface area contributed by atoms with E-state index in [1.807, 2.05) is 25.1 Å². The van der Waals surface area contributed by atoms with Crippen LogP contribution in [0, 0.1) is 18.8 Å². The zero-order valence-electron chi connectivity index (χ0n) is 27.7. The van der Waals surface area contributed by atoms with Crippen LogP contribution in [0.4, 0.5) is 11.6 Å². The number of ether oxygens (including phenoxy) is 2. The van der Waals surface area contributed by atoms with Gasteiger partial charge in [-0.1, -0.05) is 53.9 Å². The molecule has 1 saturated heterocycles. The van der Waals surface area contributed by atoms with E-state index in [0.29, 0.717) is 60.9 Å². The minimum Gasteiger partial charge on any atom is -0.495 e. The number of aromatic nitrogens is 3. The summed E-state index contributed by atoms with van der Waals surface area (Å²) in [5.41, 5.74) is 2.85. The molecule has 13 heteroatoms. The van der Waals surface area contributed by atoms with Crippen LogP contribution in [-0.4, -0.2) is 83.0 Å². The number of benzene rings is 2. The van der Waals surface area contributed by atoms with Crippen LogP contribution in [0.5, 0.6) is 11.5 Å². The van der Waals surface area contributed by atoms with Gasteiger partial charge >= 0.3 is 0 Å². The number of nitrogens with one attached hydrogen (secondary N) is 1. The molecule has 0 spiro atoms. The van der Waals surface area contributed by atoms with Crippen molar-refractivity contribution in [1.29, 1.82) is 0 Å². The van der Waals surface area contributed by atoms with Crippen LogP contribution in [0.1, 0.15) is 18.1 Å². The fourth-order valence-corrected chi connectivity index (χ4v) is 6.46. The first-order valence-electron chi connectivity index (χ1n) is 15.6. The van der Waals surface area contributed by atoms with Crippen LogP contribution in [0.3, 0.4) is 0 Å². The molecule has 0 unspecified atom stereocenters. The Balaban J connectivity index is 1.59. The lowest BCUT2D eigenvalue weighted by Crippen LogP contribution is -2.49. The van der Waals surface area contributed by atoms with E-state index >= 15 is 0 Å². The van der Waals surface area contributed by atoms with Gasteiger partial charge in [-0.15, -0.1) is 0 Å². The predicted octanol–water partition coefficient (Wildman–Crippen LogP) is 5.30. The zero-order valence-corrected chi connectivity index (χ0v) is 29.2. The van der Waals surface area contributed by atoms with E-state index in [1.54, 1.807) is 34.7 Å². The molecule has 1 aliphatic heterocycles. The van der Waals surface area contributed by atoms with Gasteiger partial charge in [0.25, 0.3) is 11.5 Å². The number of para-hydroxylation sites is 1. The Morgan fingerprint density at radius 2 is 1.76 bits per heavy atom. The minimum absolute atomic E-state index is 0.121. The third kappa shape index (κ3) is 7.57. The highest BCUT2D eigenvalue weighted by atomic mass is 35.5. The number of anilines is 2. The van der Waals surface area contributed by atoms with Crippen molar-refractivity contribution in [3.8, 4) is 34.5 Å². The maximum atomic E-state index is 14.5. The van der Waals surface area contributed by atoms with Crippen molar-refractivity contribution >= 4 is 57.6 Å². The highest BCUT2D eigenvalue weighted by molar-refractivity contribution is 6.41. The first-order valence-corrected chi connectivity index (χ1v) is 16.3. The zero-order chi connectivity index (χ0) is 35.2. The maximum absolute atomic E-state index is 14.5. The molecule has 3 heterocycles. The van der Waals surface area contributed by atoms with E-state index in [9.17, 15) is 14.4 Å². The van der Waals surface area contributed by atoms with Crippen LogP contribution >= 0.6 is 23.2 Å². The molecule has 1 amide bonds. The van der Waals surface area contributed by atoms with Gasteiger partial charge in [-0.05, 0) is 43.0 Å². The van der Waals surface area contributed by atoms with Crippen molar-refractivity contribution in [2.75, 3.05) is 52.3 Å². The lowest BCUT2D eigenvalue weighted by Gasteiger charge is -2.33. The van der Waals surface area contributed by atoms with Crippen molar-refractivity contribution < 1.29 is 19.1 Å². The fourth-order valence-electron chi connectivity index (χ4n) is 5.76. The quantitative estimate of drug-likeness (QED) is 0.164. The summed E-state index contributed by atoms with van der Waals surface area (Å²) in [5, 5.41) is 4.16. The van der Waals surface area contributed by atoms with E-state index in [-0.39, 0.29) is 57.3 Å². The third-order valence-electron chi connectivity index (χ3n) is 8.39. The maximum Gasteiger partial charge on any atom is 0.298 e. The second kappa shape index (κ2) is 15.6. The third-order valence-corrected chi connectivity index (χ3v) is 9.14. The second-order valence-electron chi connectivity index (χ2n) is 11.4. The molecule has 11 nitrogen and oxygen atoms in total. The number of amides is 1. The van der Waals surface area contributed by atoms with Crippen LogP contribution < -0.4 is 20.3 Å². The number of pyridine rings is 1. The smallest absolute Gasteiger partial charge is 0.298 e. The Morgan fingerprint density at radius 1 is 1.06 bits per heavy atom. The number of nitrogens with zero attached hydrogens (tertiary/aromatic N) is 5. The Hall–Kier alpha value is -4.89. The fraction of sp³-hybridized carbons (Fsp3) is 0.306. The summed E-state index contributed by atoms with van der Waals surface area (Å²) in [7, 11) is 2.93. The summed E-state index contributed by atoms with van der Waals surface area (Å²) < 4.78 is 12.5. The highest BCUT2D eigenvalue weighted by Crippen LogP contribution is 2.45. The average molecular weight is 704 g/mol. The number of allylic oxidation sites excluding steroid dienone is 1. The Kier molecular flexibility index (Phi) is 11.2. The predicted molar refractivity (Wildman–Crippen MR) is 192 cm³/mol. The minimum atomic E-state index is -0.378. The first-order chi connectivity index (χ1) is 23.6. The highest BCUT2D eigenvalue weighted by Gasteiger charge is 2.25. The lowest BCUT2D eigenvalue weighted by molar-refractivity contribution is -0.126. The lowest BCUT2D eigenvalue weighted by atomic mass is 10.0. The summed E-state index contributed by atoms with van der Waals surface area (Å²) in [4.78, 5) is 52.3. The number of rotatable bonds is 11. The van der Waals surface area contributed by atoms with Gasteiger partial charge in [0.15, 0.2) is 5.78 Å². The summed E-state index contributed by atoms with van der Waals surface area (Å²) in [6.45, 7) is 10.2. The van der Waals surface area contributed by atoms with Crippen LogP contribution in [-0.2, 0) is 22.6 Å². The van der Waals surface area contributed by atoms with Crippen LogP contribution in [0.15, 0.2) is 54.0 Å². The van der Waals surface area contributed by atoms with Gasteiger partial charge in [0, 0.05) is 74.6 Å². The van der Waals surface area contributed by atoms with Crippen molar-refractivity contribution in [3.63, 3.8) is 0 Å². The van der Waals surface area contributed by atoms with Gasteiger partial charge in [-0.2, -0.15) is 4.98 Å². The van der Waals surface area contributed by atoms with Crippen molar-refractivity contribution in [2.45, 2.75) is 26.8 Å². The number of carbonyl (C=O) groups is 2. The molecule has 49 heavy (non-hydrogen) atoms. The molecule has 0 saturated carbocycles. The number of ketones is 1. The SMILES string of the molecule is C=CC(=O)Cc1cccc(C)c1Nc1ncc2cc(-c3c(Cl)c(OC)cc(OC)c3Cl)c(=O)n(CCN3CCN(C(=O)C#CC)CC3)c2n1. The number of hydrogen-bond donors (Lipinski definition) is 1. The number of aryl methyl sites for hydroxylation is 1. The molecule has 0 atom stereocenters. The molecular formula is C36H36Cl2N6O5. The van der Waals surface area contributed by atoms with Crippen LogP contribution in [0.2, 0.25) is 10.0 Å². The Bertz CT molecular complexity index is 2030. The molecule has 0 bridgehead atoms. The molecule has 0 aliphatic carbocycles. The van der Waals surface area contributed by atoms with E-state index in [2.05, 4.69) is 33.6 Å². The number of fused-ring (bicyclic) bond motifs is 1. The van der Waals surface area contributed by atoms with E-state index in [0.717, 1.165) is 11.1 Å². The summed E-state index contributed by atoms with van der Waals surface area (Å²) in [6.07, 6.45) is 3.07. The molecule has 5 rings (SSSR count). The topological polar surface area (TPSA) is 119 Å². The van der Waals surface area contributed by atoms with Crippen LogP contribution in [0.25, 0.3) is 22.2 Å². The van der Waals surface area contributed by atoms with Gasteiger partial charge < -0.3 is 19.7 Å². The largest absolute Gasteiger partial charge is 0.495 e. The molecule has 0 radical (unpaired) electrons. The molecule has 1 N–H and O–H groups in total. The number of hydrogen-bond acceptors (Lipinski definition) is 9.